The number of carbonyl (C=O) groups excluding carboxylic acids is 1. The van der Waals surface area contributed by atoms with Crippen LogP contribution in [0.4, 0.5) is 0 Å². The Hall–Kier alpha value is -1.02. The Kier molecular flexibility index (Phi) is 7.68. The lowest BCUT2D eigenvalue weighted by Gasteiger charge is -2.16. The molecule has 0 saturated heterocycles. The first kappa shape index (κ1) is 17.0. The topological polar surface area (TPSA) is 48.7 Å². The molecule has 0 radical (unpaired) electrons. The molecular formula is C15H25O4P. The highest BCUT2D eigenvalue weighted by atomic mass is 31.1. The summed E-state index contributed by atoms with van der Waals surface area (Å²) >= 11 is 0. The van der Waals surface area contributed by atoms with Crippen LogP contribution in [0, 0.1) is 0 Å². The smallest absolute Gasteiger partial charge is 0.299 e. The molecule has 0 atom stereocenters. The van der Waals surface area contributed by atoms with Crippen LogP contribution in [0.25, 0.3) is 0 Å². The van der Waals surface area contributed by atoms with Gasteiger partial charge in [0.2, 0.25) is 0 Å². The number of furan rings is 1. The van der Waals surface area contributed by atoms with Crippen molar-refractivity contribution in [3.8, 4) is 11.7 Å². The number of ether oxygens (including phenoxy) is 2. The van der Waals surface area contributed by atoms with Crippen molar-refractivity contribution < 1.29 is 18.7 Å². The Bertz CT molecular complexity index is 385. The lowest BCUT2D eigenvalue weighted by molar-refractivity contribution is 0.107. The second-order valence-electron chi connectivity index (χ2n) is 4.67. The molecule has 1 aromatic heterocycles. The zero-order chi connectivity index (χ0) is 15.0. The molecular weight excluding hydrogens is 275 g/mol. The summed E-state index contributed by atoms with van der Waals surface area (Å²) < 4.78 is 15.6. The van der Waals surface area contributed by atoms with Crippen LogP contribution in [0.3, 0.4) is 0 Å². The van der Waals surface area contributed by atoms with Gasteiger partial charge in [0.1, 0.15) is 11.8 Å². The van der Waals surface area contributed by atoms with E-state index in [0.717, 1.165) is 38.0 Å². The fourth-order valence-electron chi connectivity index (χ4n) is 1.99. The maximum atomic E-state index is 12.8. The van der Waals surface area contributed by atoms with E-state index in [4.69, 9.17) is 13.9 Å². The van der Waals surface area contributed by atoms with E-state index in [9.17, 15) is 4.79 Å². The van der Waals surface area contributed by atoms with Crippen molar-refractivity contribution >= 4 is 13.4 Å². The summed E-state index contributed by atoms with van der Waals surface area (Å²) in [7, 11) is 2.37. The van der Waals surface area contributed by atoms with Crippen LogP contribution in [-0.2, 0) is 0 Å². The van der Waals surface area contributed by atoms with Crippen LogP contribution in [0.2, 0.25) is 0 Å². The summed E-state index contributed by atoms with van der Waals surface area (Å²) in [4.78, 5) is 12.8. The first-order valence-electron chi connectivity index (χ1n) is 7.18. The largest absolute Gasteiger partial charge is 0.492 e. The van der Waals surface area contributed by atoms with Gasteiger partial charge in [-0.2, -0.15) is 0 Å². The average molecular weight is 300 g/mol. The molecule has 0 N–H and O–H groups in total. The van der Waals surface area contributed by atoms with Crippen LogP contribution in [-0.4, -0.2) is 32.1 Å². The van der Waals surface area contributed by atoms with E-state index in [-0.39, 0.29) is 11.5 Å². The van der Waals surface area contributed by atoms with E-state index in [1.165, 1.54) is 13.4 Å². The van der Waals surface area contributed by atoms with E-state index in [2.05, 4.69) is 13.8 Å². The maximum Gasteiger partial charge on any atom is 0.299 e. The Morgan fingerprint density at radius 1 is 1.15 bits per heavy atom. The second kappa shape index (κ2) is 9.02. The average Bonchev–Trinajstić information content (AvgIpc) is 2.89. The van der Waals surface area contributed by atoms with Crippen molar-refractivity contribution in [3.63, 3.8) is 0 Å². The molecule has 0 aliphatic heterocycles. The third-order valence-electron chi connectivity index (χ3n) is 3.19. The fourth-order valence-corrected chi connectivity index (χ4v) is 4.53. The molecule has 20 heavy (non-hydrogen) atoms. The van der Waals surface area contributed by atoms with Crippen LogP contribution < -0.4 is 9.47 Å². The molecule has 0 aliphatic carbocycles. The molecule has 0 fully saturated rings. The summed E-state index contributed by atoms with van der Waals surface area (Å²) in [5.41, 5.74) is 0.623. The predicted octanol–water partition coefficient (Wildman–Crippen LogP) is 4.52. The predicted molar refractivity (Wildman–Crippen MR) is 82.6 cm³/mol. The van der Waals surface area contributed by atoms with E-state index in [1.54, 1.807) is 7.11 Å². The Labute approximate surface area is 122 Å². The van der Waals surface area contributed by atoms with Gasteiger partial charge in [0.05, 0.1) is 14.2 Å². The van der Waals surface area contributed by atoms with E-state index < -0.39 is 7.92 Å². The number of hydrogen-bond donors (Lipinski definition) is 0. The van der Waals surface area contributed by atoms with Crippen molar-refractivity contribution in [2.24, 2.45) is 0 Å². The molecule has 5 heteroatoms. The number of rotatable bonds is 10. The lowest BCUT2D eigenvalue weighted by atomic mass is 10.3. The van der Waals surface area contributed by atoms with Crippen molar-refractivity contribution in [2.75, 3.05) is 26.5 Å². The van der Waals surface area contributed by atoms with Gasteiger partial charge in [0.15, 0.2) is 11.3 Å². The summed E-state index contributed by atoms with van der Waals surface area (Å²) in [6, 6.07) is 0. The molecule has 114 valence electrons. The number of unbranched alkanes of at least 4 members (excludes halogenated alkanes) is 2. The molecule has 0 aromatic carbocycles. The highest BCUT2D eigenvalue weighted by Gasteiger charge is 2.28. The van der Waals surface area contributed by atoms with Crippen LogP contribution in [0.5, 0.6) is 11.7 Å². The minimum atomic E-state index is -0.687. The molecule has 0 aliphatic rings. The van der Waals surface area contributed by atoms with E-state index in [0.29, 0.717) is 11.3 Å². The molecule has 1 aromatic rings. The van der Waals surface area contributed by atoms with Gasteiger partial charge in [-0.05, 0) is 33.1 Å². The monoisotopic (exact) mass is 300 g/mol. The summed E-state index contributed by atoms with van der Waals surface area (Å²) in [5.74, 6) is 0.750. The highest BCUT2D eigenvalue weighted by Crippen LogP contribution is 2.46. The fraction of sp³-hybridized carbons (Fsp3) is 0.667. The third-order valence-corrected chi connectivity index (χ3v) is 5.70. The van der Waals surface area contributed by atoms with Gasteiger partial charge < -0.3 is 13.9 Å². The van der Waals surface area contributed by atoms with Crippen LogP contribution in [0.15, 0.2) is 10.7 Å². The van der Waals surface area contributed by atoms with Crippen molar-refractivity contribution in [3.05, 3.63) is 11.8 Å². The Balaban J connectivity index is 2.94. The molecule has 0 saturated carbocycles. The summed E-state index contributed by atoms with van der Waals surface area (Å²) in [6.45, 7) is 4.30. The number of hydrogen-bond acceptors (Lipinski definition) is 4. The summed E-state index contributed by atoms with van der Waals surface area (Å²) in [6.07, 6.45) is 7.78. The molecule has 4 nitrogen and oxygen atoms in total. The second-order valence-corrected chi connectivity index (χ2v) is 7.05. The standard InChI is InChI=1S/C15H25O4P/c1-5-7-9-20(10-8-6-2)14(16)13-12(17-3)11-19-15(13)18-4/h11H,5-10H2,1-4H3. The molecule has 0 spiro atoms. The van der Waals surface area contributed by atoms with Crippen LogP contribution >= 0.6 is 7.92 Å². The Morgan fingerprint density at radius 2 is 1.75 bits per heavy atom. The first-order valence-corrected chi connectivity index (χ1v) is 8.89. The van der Waals surface area contributed by atoms with E-state index >= 15 is 0 Å². The van der Waals surface area contributed by atoms with E-state index in [1.807, 2.05) is 0 Å². The zero-order valence-corrected chi connectivity index (χ0v) is 13.8. The SMILES string of the molecule is CCCCP(CCCC)C(=O)c1c(OC)coc1OC. The molecule has 1 rings (SSSR count). The number of methoxy groups -OCH3 is 2. The molecule has 0 amide bonds. The Morgan fingerprint density at radius 3 is 2.20 bits per heavy atom. The first-order chi connectivity index (χ1) is 9.69. The van der Waals surface area contributed by atoms with Crippen molar-refractivity contribution in [1.82, 2.24) is 0 Å². The van der Waals surface area contributed by atoms with Gasteiger partial charge in [0.25, 0.3) is 5.95 Å². The zero-order valence-electron chi connectivity index (χ0n) is 12.9. The highest BCUT2D eigenvalue weighted by molar-refractivity contribution is 7.75. The number of carbonyl (C=O) groups is 1. The molecule has 0 bridgehead atoms. The summed E-state index contributed by atoms with van der Waals surface area (Å²) in [5, 5.41) is 0. The molecule has 1 heterocycles. The van der Waals surface area contributed by atoms with Crippen molar-refractivity contribution in [1.29, 1.82) is 0 Å². The van der Waals surface area contributed by atoms with Gasteiger partial charge in [0, 0.05) is 0 Å². The van der Waals surface area contributed by atoms with Gasteiger partial charge >= 0.3 is 0 Å². The third kappa shape index (κ3) is 4.24. The van der Waals surface area contributed by atoms with Gasteiger partial charge in [-0.3, -0.25) is 4.79 Å². The molecule has 0 unspecified atom stereocenters. The normalized spacial score (nSPS) is 10.8. The van der Waals surface area contributed by atoms with Gasteiger partial charge in [-0.15, -0.1) is 0 Å². The minimum absolute atomic E-state index is 0.143. The minimum Gasteiger partial charge on any atom is -0.492 e. The maximum absolute atomic E-state index is 12.8. The van der Waals surface area contributed by atoms with Crippen LogP contribution in [0.1, 0.15) is 49.9 Å². The van der Waals surface area contributed by atoms with Crippen molar-refractivity contribution in [2.45, 2.75) is 39.5 Å². The quantitative estimate of drug-likeness (QED) is 0.596. The lowest BCUT2D eigenvalue weighted by Crippen LogP contribution is -2.05. The van der Waals surface area contributed by atoms with Gasteiger partial charge in [-0.1, -0.05) is 26.7 Å². The van der Waals surface area contributed by atoms with Gasteiger partial charge in [-0.25, -0.2) is 0 Å².